The Kier molecular flexibility index (Phi) is 5.75. The number of anilines is 1. The van der Waals surface area contributed by atoms with E-state index in [1.165, 1.54) is 16.9 Å². The summed E-state index contributed by atoms with van der Waals surface area (Å²) in [7, 11) is 1.55. The molecule has 0 saturated carbocycles. The van der Waals surface area contributed by atoms with Gasteiger partial charge in [-0.05, 0) is 54.8 Å². The van der Waals surface area contributed by atoms with Gasteiger partial charge in [0.25, 0.3) is 5.91 Å². The fourth-order valence-electron chi connectivity index (χ4n) is 3.31. The Morgan fingerprint density at radius 1 is 1.10 bits per heavy atom. The van der Waals surface area contributed by atoms with Crippen LogP contribution in [-0.4, -0.2) is 18.0 Å². The van der Waals surface area contributed by atoms with Crippen LogP contribution in [0.25, 0.3) is 10.2 Å². The number of hydrogen-bond donors (Lipinski definition) is 0. The van der Waals surface area contributed by atoms with Crippen molar-refractivity contribution in [2.75, 3.05) is 12.0 Å². The summed E-state index contributed by atoms with van der Waals surface area (Å²) in [5, 5.41) is 1.13. The molecule has 1 heterocycles. The summed E-state index contributed by atoms with van der Waals surface area (Å²) in [6.45, 7) is 4.52. The molecule has 0 saturated heterocycles. The van der Waals surface area contributed by atoms with E-state index in [4.69, 9.17) is 21.3 Å². The van der Waals surface area contributed by atoms with Gasteiger partial charge in [-0.25, -0.2) is 4.98 Å². The molecule has 0 bridgehead atoms. The van der Waals surface area contributed by atoms with Gasteiger partial charge in [-0.3, -0.25) is 9.69 Å². The van der Waals surface area contributed by atoms with Crippen molar-refractivity contribution in [1.29, 1.82) is 0 Å². The number of nitrogens with zero attached hydrogens (tertiary/aromatic N) is 2. The molecule has 0 radical (unpaired) electrons. The standard InChI is InChI=1S/C24H21ClN2O2S/c1-15-9-12-21-22(16(15)2)26-24(30-21)27(14-17-7-5-4-6-8-17)23(28)19-13-18(25)10-11-20(19)29-3/h4-13H,14H2,1-3H3. The summed E-state index contributed by atoms with van der Waals surface area (Å²) in [6.07, 6.45) is 0. The molecule has 0 atom stereocenters. The topological polar surface area (TPSA) is 42.4 Å². The normalized spacial score (nSPS) is 10.9. The first-order valence-corrected chi connectivity index (χ1v) is 10.7. The number of halogens is 1. The van der Waals surface area contributed by atoms with Crippen molar-refractivity contribution in [1.82, 2.24) is 4.98 Å². The fourth-order valence-corrected chi connectivity index (χ4v) is 4.51. The Labute approximate surface area is 184 Å². The molecule has 152 valence electrons. The summed E-state index contributed by atoms with van der Waals surface area (Å²) in [4.78, 5) is 20.2. The molecular formula is C24H21ClN2O2S. The first kappa shape index (κ1) is 20.4. The van der Waals surface area contributed by atoms with Crippen LogP contribution in [0.4, 0.5) is 5.13 Å². The first-order chi connectivity index (χ1) is 14.5. The van der Waals surface area contributed by atoms with E-state index in [0.29, 0.717) is 28.0 Å². The zero-order chi connectivity index (χ0) is 21.3. The lowest BCUT2D eigenvalue weighted by molar-refractivity contribution is 0.0982. The minimum atomic E-state index is -0.202. The molecule has 3 aromatic carbocycles. The van der Waals surface area contributed by atoms with Crippen LogP contribution in [-0.2, 0) is 6.54 Å². The van der Waals surface area contributed by atoms with E-state index in [1.807, 2.05) is 30.3 Å². The number of carbonyl (C=O) groups is 1. The van der Waals surface area contributed by atoms with Crippen LogP contribution >= 0.6 is 22.9 Å². The number of fused-ring (bicyclic) bond motifs is 1. The summed E-state index contributed by atoms with van der Waals surface area (Å²) < 4.78 is 6.48. The van der Waals surface area contributed by atoms with Gasteiger partial charge in [0.05, 0.1) is 29.4 Å². The number of aromatic nitrogens is 1. The number of carbonyl (C=O) groups excluding carboxylic acids is 1. The third-order valence-corrected chi connectivity index (χ3v) is 6.40. The number of aryl methyl sites for hydroxylation is 2. The number of benzene rings is 3. The average Bonchev–Trinajstić information content (AvgIpc) is 3.19. The molecule has 0 spiro atoms. The van der Waals surface area contributed by atoms with Crippen LogP contribution in [0.1, 0.15) is 27.0 Å². The lowest BCUT2D eigenvalue weighted by Gasteiger charge is -2.21. The van der Waals surface area contributed by atoms with Crippen molar-refractivity contribution in [3.8, 4) is 5.75 Å². The second kappa shape index (κ2) is 8.46. The van der Waals surface area contributed by atoms with E-state index in [-0.39, 0.29) is 5.91 Å². The summed E-state index contributed by atoms with van der Waals surface area (Å²) >= 11 is 7.70. The second-order valence-corrected chi connectivity index (χ2v) is 8.52. The zero-order valence-corrected chi connectivity index (χ0v) is 18.6. The molecule has 30 heavy (non-hydrogen) atoms. The minimum absolute atomic E-state index is 0.202. The average molecular weight is 437 g/mol. The molecule has 0 fully saturated rings. The van der Waals surface area contributed by atoms with Crippen LogP contribution in [0.15, 0.2) is 60.7 Å². The predicted molar refractivity (Wildman–Crippen MR) is 124 cm³/mol. The van der Waals surface area contributed by atoms with E-state index in [9.17, 15) is 4.79 Å². The SMILES string of the molecule is COc1ccc(Cl)cc1C(=O)N(Cc1ccccc1)c1nc2c(C)c(C)ccc2s1. The number of rotatable bonds is 5. The second-order valence-electron chi connectivity index (χ2n) is 7.07. The molecule has 0 N–H and O–H groups in total. The molecule has 0 aliphatic heterocycles. The molecule has 0 aliphatic carbocycles. The molecule has 0 unspecified atom stereocenters. The van der Waals surface area contributed by atoms with Gasteiger partial charge in [-0.2, -0.15) is 0 Å². The van der Waals surface area contributed by atoms with Gasteiger partial charge >= 0.3 is 0 Å². The highest BCUT2D eigenvalue weighted by molar-refractivity contribution is 7.22. The number of thiazole rings is 1. The summed E-state index contributed by atoms with van der Waals surface area (Å²) in [5.41, 5.74) is 4.66. The minimum Gasteiger partial charge on any atom is -0.496 e. The van der Waals surface area contributed by atoms with Crippen molar-refractivity contribution in [2.45, 2.75) is 20.4 Å². The highest BCUT2D eigenvalue weighted by Gasteiger charge is 2.25. The van der Waals surface area contributed by atoms with Crippen LogP contribution in [0.5, 0.6) is 5.75 Å². The Morgan fingerprint density at radius 3 is 2.60 bits per heavy atom. The summed E-state index contributed by atoms with van der Waals surface area (Å²) in [6, 6.07) is 19.1. The molecule has 4 rings (SSSR count). The van der Waals surface area contributed by atoms with E-state index in [0.717, 1.165) is 21.3 Å². The van der Waals surface area contributed by atoms with Gasteiger partial charge in [0.1, 0.15) is 5.75 Å². The number of amides is 1. The summed E-state index contributed by atoms with van der Waals surface area (Å²) in [5.74, 6) is 0.280. The van der Waals surface area contributed by atoms with Crippen molar-refractivity contribution < 1.29 is 9.53 Å². The quantitative estimate of drug-likeness (QED) is 0.362. The maximum Gasteiger partial charge on any atom is 0.264 e. The number of hydrogen-bond acceptors (Lipinski definition) is 4. The Bertz CT molecular complexity index is 1220. The lowest BCUT2D eigenvalue weighted by atomic mass is 10.1. The van der Waals surface area contributed by atoms with Crippen LogP contribution in [0.2, 0.25) is 5.02 Å². The number of methoxy groups -OCH3 is 1. The fraction of sp³-hybridized carbons (Fsp3) is 0.167. The Balaban J connectivity index is 1.84. The van der Waals surface area contributed by atoms with Gasteiger partial charge in [-0.15, -0.1) is 0 Å². The maximum absolute atomic E-state index is 13.7. The van der Waals surface area contributed by atoms with Crippen molar-refractivity contribution in [3.05, 3.63) is 87.9 Å². The highest BCUT2D eigenvalue weighted by Crippen LogP contribution is 2.34. The van der Waals surface area contributed by atoms with Crippen LogP contribution in [0, 0.1) is 13.8 Å². The number of ether oxygens (including phenoxy) is 1. The van der Waals surface area contributed by atoms with E-state index >= 15 is 0 Å². The highest BCUT2D eigenvalue weighted by atomic mass is 35.5. The molecule has 0 aliphatic rings. The van der Waals surface area contributed by atoms with Gasteiger partial charge in [-0.1, -0.05) is 59.3 Å². The Morgan fingerprint density at radius 2 is 1.87 bits per heavy atom. The van der Waals surface area contributed by atoms with E-state index < -0.39 is 0 Å². The van der Waals surface area contributed by atoms with Gasteiger partial charge in [0, 0.05) is 5.02 Å². The molecule has 1 amide bonds. The monoisotopic (exact) mass is 436 g/mol. The largest absolute Gasteiger partial charge is 0.496 e. The van der Waals surface area contributed by atoms with Crippen molar-refractivity contribution in [2.24, 2.45) is 0 Å². The van der Waals surface area contributed by atoms with Crippen LogP contribution < -0.4 is 9.64 Å². The van der Waals surface area contributed by atoms with Crippen LogP contribution in [0.3, 0.4) is 0 Å². The zero-order valence-electron chi connectivity index (χ0n) is 17.0. The third-order valence-electron chi connectivity index (χ3n) is 5.13. The molecular weight excluding hydrogens is 416 g/mol. The lowest BCUT2D eigenvalue weighted by Crippen LogP contribution is -2.30. The molecule has 1 aromatic heterocycles. The Hall–Kier alpha value is -2.89. The van der Waals surface area contributed by atoms with Crippen molar-refractivity contribution in [3.63, 3.8) is 0 Å². The van der Waals surface area contributed by atoms with Gasteiger partial charge in [0.2, 0.25) is 0 Å². The van der Waals surface area contributed by atoms with Gasteiger partial charge < -0.3 is 4.74 Å². The van der Waals surface area contributed by atoms with Crippen molar-refractivity contribution >= 4 is 44.2 Å². The van der Waals surface area contributed by atoms with Gasteiger partial charge in [0.15, 0.2) is 5.13 Å². The van der Waals surface area contributed by atoms with E-state index in [1.54, 1.807) is 30.2 Å². The first-order valence-electron chi connectivity index (χ1n) is 9.54. The molecule has 6 heteroatoms. The predicted octanol–water partition coefficient (Wildman–Crippen LogP) is 6.42. The van der Waals surface area contributed by atoms with E-state index in [2.05, 4.69) is 26.0 Å². The maximum atomic E-state index is 13.7. The smallest absolute Gasteiger partial charge is 0.264 e. The molecule has 4 nitrogen and oxygen atoms in total. The third kappa shape index (κ3) is 3.91. The molecule has 4 aromatic rings.